The van der Waals surface area contributed by atoms with E-state index in [1.807, 2.05) is 12.1 Å². The Morgan fingerprint density at radius 2 is 2.14 bits per heavy atom. The summed E-state index contributed by atoms with van der Waals surface area (Å²) in [7, 11) is 0. The first-order chi connectivity index (χ1) is 14.0. The van der Waals surface area contributed by atoms with Crippen molar-refractivity contribution in [1.29, 1.82) is 0 Å². The van der Waals surface area contributed by atoms with Crippen molar-refractivity contribution in [3.05, 3.63) is 46.6 Å². The predicted molar refractivity (Wildman–Crippen MR) is 121 cm³/mol. The second-order valence-corrected chi connectivity index (χ2v) is 8.39. The Balaban J connectivity index is 2.09. The number of rotatable bonds is 8. The number of hydrogen-bond donors (Lipinski definition) is 2. The number of piperidine rings is 1. The molecule has 156 valence electrons. The lowest BCUT2D eigenvalue weighted by Gasteiger charge is -2.27. The smallest absolute Gasteiger partial charge is 0.130 e. The normalized spacial score (nSPS) is 16.7. The van der Waals surface area contributed by atoms with Crippen LogP contribution in [0.15, 0.2) is 24.3 Å². The van der Waals surface area contributed by atoms with E-state index in [1.165, 1.54) is 29.5 Å². The second kappa shape index (κ2) is 10.0. The van der Waals surface area contributed by atoms with Gasteiger partial charge in [-0.05, 0) is 87.2 Å². The fourth-order valence-electron chi connectivity index (χ4n) is 4.47. The molecule has 1 aromatic carbocycles. The highest BCUT2D eigenvalue weighted by molar-refractivity contribution is 5.78. The van der Waals surface area contributed by atoms with Gasteiger partial charge in [-0.3, -0.25) is 4.98 Å². The van der Waals surface area contributed by atoms with Gasteiger partial charge in [0.15, 0.2) is 0 Å². The summed E-state index contributed by atoms with van der Waals surface area (Å²) in [4.78, 5) is 16.6. The van der Waals surface area contributed by atoms with E-state index in [0.717, 1.165) is 61.4 Å². The molecule has 4 nitrogen and oxygen atoms in total. The maximum Gasteiger partial charge on any atom is 0.130 e. The van der Waals surface area contributed by atoms with Gasteiger partial charge in [-0.2, -0.15) is 0 Å². The van der Waals surface area contributed by atoms with Crippen molar-refractivity contribution < 1.29 is 4.79 Å². The molecule has 1 unspecified atom stereocenters. The number of nitrogens with one attached hydrogen (secondary N) is 1. The zero-order chi connectivity index (χ0) is 20.8. The zero-order valence-electron chi connectivity index (χ0n) is 18.2. The molecule has 0 bridgehead atoms. The number of anilines is 1. The van der Waals surface area contributed by atoms with Crippen LogP contribution in [0.1, 0.15) is 74.3 Å². The Morgan fingerprint density at radius 3 is 2.83 bits per heavy atom. The van der Waals surface area contributed by atoms with Crippen LogP contribution in [-0.2, 0) is 17.6 Å². The number of carbonyl (C=O) groups excluding carboxylic acids is 1. The van der Waals surface area contributed by atoms with E-state index in [-0.39, 0.29) is 5.78 Å². The molecule has 3 rings (SSSR count). The lowest BCUT2D eigenvalue weighted by atomic mass is 9.85. The van der Waals surface area contributed by atoms with Crippen molar-refractivity contribution in [2.24, 2.45) is 0 Å². The molecular weight excluding hydrogens is 358 g/mol. The average molecular weight is 394 g/mol. The SMILES string of the molecule is CCCCc1cccc(N)c1-c1cc(C2CCCNC2)c(CCC(C)=O)c(C)n1. The number of aryl methyl sites for hydroxylation is 2. The number of nitrogens with zero attached hydrogens (tertiary/aromatic N) is 1. The van der Waals surface area contributed by atoms with Gasteiger partial charge < -0.3 is 15.8 Å². The van der Waals surface area contributed by atoms with Crippen LogP contribution in [-0.4, -0.2) is 23.9 Å². The molecule has 4 heteroatoms. The first-order valence-electron chi connectivity index (χ1n) is 11.1. The summed E-state index contributed by atoms with van der Waals surface area (Å²) in [6.45, 7) is 8.05. The highest BCUT2D eigenvalue weighted by atomic mass is 16.1. The van der Waals surface area contributed by atoms with Crippen molar-refractivity contribution in [1.82, 2.24) is 10.3 Å². The monoisotopic (exact) mass is 393 g/mol. The molecule has 2 aromatic rings. The van der Waals surface area contributed by atoms with E-state index in [9.17, 15) is 4.79 Å². The molecule has 0 amide bonds. The molecule has 0 radical (unpaired) electrons. The highest BCUT2D eigenvalue weighted by Crippen LogP contribution is 2.35. The number of ketones is 1. The van der Waals surface area contributed by atoms with Gasteiger partial charge >= 0.3 is 0 Å². The molecule has 3 N–H and O–H groups in total. The summed E-state index contributed by atoms with van der Waals surface area (Å²) in [6.07, 6.45) is 7.02. The van der Waals surface area contributed by atoms with Crippen LogP contribution in [0.2, 0.25) is 0 Å². The summed E-state index contributed by atoms with van der Waals surface area (Å²) in [6, 6.07) is 8.47. The number of carbonyl (C=O) groups is 1. The molecule has 0 spiro atoms. The van der Waals surface area contributed by atoms with E-state index in [0.29, 0.717) is 12.3 Å². The van der Waals surface area contributed by atoms with Gasteiger partial charge in [0.25, 0.3) is 0 Å². The van der Waals surface area contributed by atoms with Crippen molar-refractivity contribution in [2.75, 3.05) is 18.8 Å². The Hall–Kier alpha value is -2.20. The van der Waals surface area contributed by atoms with Gasteiger partial charge in [-0.25, -0.2) is 0 Å². The number of benzene rings is 1. The van der Waals surface area contributed by atoms with Crippen molar-refractivity contribution in [3.8, 4) is 11.3 Å². The van der Waals surface area contributed by atoms with E-state index < -0.39 is 0 Å². The molecule has 0 aliphatic carbocycles. The molecule has 1 aromatic heterocycles. The Morgan fingerprint density at radius 1 is 1.31 bits per heavy atom. The van der Waals surface area contributed by atoms with Gasteiger partial charge in [0, 0.05) is 29.9 Å². The lowest BCUT2D eigenvalue weighted by Crippen LogP contribution is -2.29. The third-order valence-electron chi connectivity index (χ3n) is 6.07. The van der Waals surface area contributed by atoms with Crippen LogP contribution in [0.3, 0.4) is 0 Å². The summed E-state index contributed by atoms with van der Waals surface area (Å²) in [5.41, 5.74) is 14.2. The second-order valence-electron chi connectivity index (χ2n) is 8.39. The Bertz CT molecular complexity index is 853. The fourth-order valence-corrected chi connectivity index (χ4v) is 4.47. The first-order valence-corrected chi connectivity index (χ1v) is 11.1. The topological polar surface area (TPSA) is 68.0 Å². The van der Waals surface area contributed by atoms with Crippen LogP contribution in [0.4, 0.5) is 5.69 Å². The molecule has 1 aliphatic heterocycles. The van der Waals surface area contributed by atoms with Gasteiger partial charge in [0.2, 0.25) is 0 Å². The number of nitrogens with two attached hydrogens (primary N) is 1. The van der Waals surface area contributed by atoms with Gasteiger partial charge in [0.1, 0.15) is 5.78 Å². The molecule has 1 saturated heterocycles. The standard InChI is InChI=1S/C25H35N3O/c1-4-5-8-19-9-6-11-23(26)25(19)24-15-22(20-10-7-14-27-16-20)21(18(3)28-24)13-12-17(2)29/h6,9,11,15,20,27H,4-5,7-8,10,12-14,16,26H2,1-3H3. The third-order valence-corrected chi connectivity index (χ3v) is 6.07. The largest absolute Gasteiger partial charge is 0.398 e. The highest BCUT2D eigenvalue weighted by Gasteiger charge is 2.22. The number of aromatic nitrogens is 1. The molecule has 0 saturated carbocycles. The van der Waals surface area contributed by atoms with Crippen molar-refractivity contribution >= 4 is 11.5 Å². The zero-order valence-corrected chi connectivity index (χ0v) is 18.2. The van der Waals surface area contributed by atoms with Crippen LogP contribution in [0, 0.1) is 6.92 Å². The Kier molecular flexibility index (Phi) is 7.43. The number of Topliss-reactive ketones (excluding diaryl/α,β-unsaturated/α-hetero) is 1. The van der Waals surface area contributed by atoms with Crippen LogP contribution < -0.4 is 11.1 Å². The summed E-state index contributed by atoms with van der Waals surface area (Å²) < 4.78 is 0. The van der Waals surface area contributed by atoms with E-state index in [4.69, 9.17) is 10.7 Å². The van der Waals surface area contributed by atoms with Gasteiger partial charge in [-0.1, -0.05) is 25.5 Å². The minimum Gasteiger partial charge on any atom is -0.398 e. The number of pyridine rings is 1. The maximum atomic E-state index is 11.6. The maximum absolute atomic E-state index is 11.6. The summed E-state index contributed by atoms with van der Waals surface area (Å²) in [5, 5.41) is 3.54. The summed E-state index contributed by atoms with van der Waals surface area (Å²) >= 11 is 0. The minimum absolute atomic E-state index is 0.232. The number of unbranched alkanes of at least 4 members (excludes halogenated alkanes) is 1. The predicted octanol–water partition coefficient (Wildman–Crippen LogP) is 4.97. The molecule has 29 heavy (non-hydrogen) atoms. The van der Waals surface area contributed by atoms with Gasteiger partial charge in [-0.15, -0.1) is 0 Å². The van der Waals surface area contributed by atoms with Crippen molar-refractivity contribution in [3.63, 3.8) is 0 Å². The lowest BCUT2D eigenvalue weighted by molar-refractivity contribution is -0.116. The van der Waals surface area contributed by atoms with E-state index in [2.05, 4.69) is 31.3 Å². The Labute approximate surface area is 175 Å². The molecule has 1 aliphatic rings. The van der Waals surface area contributed by atoms with E-state index in [1.54, 1.807) is 6.92 Å². The quantitative estimate of drug-likeness (QED) is 0.621. The van der Waals surface area contributed by atoms with E-state index >= 15 is 0 Å². The first kappa shape index (κ1) is 21.5. The fraction of sp³-hybridized carbons (Fsp3) is 0.520. The third kappa shape index (κ3) is 5.24. The number of nitrogen functional groups attached to an aromatic ring is 1. The molecule has 1 atom stereocenters. The summed E-state index contributed by atoms with van der Waals surface area (Å²) in [5.74, 6) is 0.700. The average Bonchev–Trinajstić information content (AvgIpc) is 2.71. The van der Waals surface area contributed by atoms with Crippen LogP contribution in [0.5, 0.6) is 0 Å². The van der Waals surface area contributed by atoms with Crippen LogP contribution >= 0.6 is 0 Å². The molecular formula is C25H35N3O. The van der Waals surface area contributed by atoms with Gasteiger partial charge in [0.05, 0.1) is 5.69 Å². The number of hydrogen-bond acceptors (Lipinski definition) is 4. The molecule has 2 heterocycles. The minimum atomic E-state index is 0.232. The van der Waals surface area contributed by atoms with Crippen molar-refractivity contribution in [2.45, 2.75) is 71.6 Å². The van der Waals surface area contributed by atoms with Crippen LogP contribution in [0.25, 0.3) is 11.3 Å². The molecule has 1 fully saturated rings.